The summed E-state index contributed by atoms with van der Waals surface area (Å²) < 4.78 is 0. The van der Waals surface area contributed by atoms with Crippen molar-refractivity contribution in [1.82, 2.24) is 0 Å². The van der Waals surface area contributed by atoms with Crippen molar-refractivity contribution in [3.63, 3.8) is 0 Å². The van der Waals surface area contributed by atoms with E-state index in [1.54, 1.807) is 0 Å². The van der Waals surface area contributed by atoms with Crippen LogP contribution in [0.1, 0.15) is 19.4 Å². The molecule has 1 aromatic carbocycles. The van der Waals surface area contributed by atoms with E-state index in [0.717, 1.165) is 6.54 Å². The van der Waals surface area contributed by atoms with E-state index in [4.69, 9.17) is 0 Å². The van der Waals surface area contributed by atoms with Crippen molar-refractivity contribution in [3.8, 4) is 0 Å². The van der Waals surface area contributed by atoms with Crippen LogP contribution in [0.4, 0.5) is 0 Å². The van der Waals surface area contributed by atoms with Crippen LogP contribution < -0.4 is 10.6 Å². The lowest BCUT2D eigenvalue weighted by molar-refractivity contribution is -0.872. The lowest BCUT2D eigenvalue weighted by Crippen LogP contribution is -3.04. The molecule has 0 bridgehead atoms. The molecule has 4 N–H and O–H groups in total. The van der Waals surface area contributed by atoms with E-state index in [1.807, 2.05) is 0 Å². The van der Waals surface area contributed by atoms with Gasteiger partial charge in [-0.3, -0.25) is 0 Å². The minimum Gasteiger partial charge on any atom is -0.356 e. The standard InChI is InChI=1S/C9H13N.C3H9N/c1-10(2)8-9-6-4-3-5-7-9;1-3(2)4/h3-7H,8H2,1-2H3;3H,4H2,1-2H3/p+2. The van der Waals surface area contributed by atoms with Gasteiger partial charge in [0.2, 0.25) is 0 Å². The molecule has 0 saturated heterocycles. The van der Waals surface area contributed by atoms with E-state index in [9.17, 15) is 0 Å². The molecule has 0 saturated carbocycles. The quantitative estimate of drug-likeness (QED) is 0.666. The Morgan fingerprint density at radius 3 is 1.93 bits per heavy atom. The molecular formula is C12H24N2+2. The Hall–Kier alpha value is -0.860. The molecule has 0 aliphatic rings. The van der Waals surface area contributed by atoms with Gasteiger partial charge in [0.1, 0.15) is 6.54 Å². The first kappa shape index (κ1) is 13.1. The molecule has 0 unspecified atom stereocenters. The maximum Gasteiger partial charge on any atom is 0.102 e. The van der Waals surface area contributed by atoms with Gasteiger partial charge in [0.15, 0.2) is 0 Å². The van der Waals surface area contributed by atoms with Crippen LogP contribution in [0.25, 0.3) is 0 Å². The molecule has 0 aliphatic heterocycles. The number of benzene rings is 1. The third kappa shape index (κ3) is 9.23. The molecule has 2 heteroatoms. The van der Waals surface area contributed by atoms with Crippen LogP contribution in [-0.2, 0) is 6.54 Å². The van der Waals surface area contributed by atoms with E-state index < -0.39 is 0 Å². The second-order valence-corrected chi connectivity index (χ2v) is 4.26. The lowest BCUT2D eigenvalue weighted by Gasteiger charge is -2.05. The largest absolute Gasteiger partial charge is 0.356 e. The van der Waals surface area contributed by atoms with Gasteiger partial charge in [0.25, 0.3) is 0 Å². The van der Waals surface area contributed by atoms with Crippen molar-refractivity contribution in [1.29, 1.82) is 0 Å². The monoisotopic (exact) mass is 196 g/mol. The first-order valence-corrected chi connectivity index (χ1v) is 5.18. The number of quaternary nitrogens is 2. The highest BCUT2D eigenvalue weighted by atomic mass is 15.0. The van der Waals surface area contributed by atoms with Gasteiger partial charge in [-0.15, -0.1) is 0 Å². The smallest absolute Gasteiger partial charge is 0.102 e. The number of rotatable bonds is 2. The molecule has 0 aromatic heterocycles. The SMILES string of the molecule is CC(C)[NH3+].C[NH+](C)Cc1ccccc1. The van der Waals surface area contributed by atoms with Crippen LogP contribution >= 0.6 is 0 Å². The topological polar surface area (TPSA) is 32.1 Å². The maximum absolute atomic E-state index is 3.64. The zero-order valence-corrected chi connectivity index (χ0v) is 9.88. The molecule has 0 atom stereocenters. The highest BCUT2D eigenvalue weighted by Gasteiger charge is 1.93. The van der Waals surface area contributed by atoms with Crippen LogP contribution in [-0.4, -0.2) is 20.1 Å². The van der Waals surface area contributed by atoms with Crippen molar-refractivity contribution >= 4 is 0 Å². The van der Waals surface area contributed by atoms with Gasteiger partial charge in [0, 0.05) is 5.56 Å². The summed E-state index contributed by atoms with van der Waals surface area (Å²) in [5.74, 6) is 0. The summed E-state index contributed by atoms with van der Waals surface area (Å²) in [7, 11) is 4.32. The highest BCUT2D eigenvalue weighted by Crippen LogP contribution is 1.94. The van der Waals surface area contributed by atoms with Gasteiger partial charge in [-0.05, 0) is 13.8 Å². The minimum atomic E-state index is 0.583. The van der Waals surface area contributed by atoms with Crippen molar-refractivity contribution in [2.45, 2.75) is 26.4 Å². The molecule has 0 fully saturated rings. The summed E-state index contributed by atoms with van der Waals surface area (Å²) in [6.07, 6.45) is 0. The second kappa shape index (κ2) is 7.54. The molecule has 2 nitrogen and oxygen atoms in total. The molecule has 0 aliphatic carbocycles. The average molecular weight is 196 g/mol. The van der Waals surface area contributed by atoms with E-state index in [1.165, 1.54) is 10.5 Å². The maximum atomic E-state index is 3.64. The molecule has 14 heavy (non-hydrogen) atoms. The molecule has 0 spiro atoms. The first-order valence-electron chi connectivity index (χ1n) is 5.18. The fourth-order valence-corrected chi connectivity index (χ4v) is 1.00. The Balaban J connectivity index is 0.000000364. The van der Waals surface area contributed by atoms with E-state index in [0.29, 0.717) is 6.04 Å². The van der Waals surface area contributed by atoms with Crippen LogP contribution in [0.3, 0.4) is 0 Å². The zero-order valence-electron chi connectivity index (χ0n) is 9.88. The fourth-order valence-electron chi connectivity index (χ4n) is 1.00. The van der Waals surface area contributed by atoms with E-state index in [2.05, 4.69) is 64.0 Å². The summed E-state index contributed by atoms with van der Waals surface area (Å²) >= 11 is 0. The Morgan fingerprint density at radius 2 is 1.57 bits per heavy atom. The van der Waals surface area contributed by atoms with Crippen molar-refractivity contribution in [2.24, 2.45) is 0 Å². The predicted molar refractivity (Wildman–Crippen MR) is 61.0 cm³/mol. The van der Waals surface area contributed by atoms with Gasteiger partial charge in [-0.2, -0.15) is 0 Å². The predicted octanol–water partition coefficient (Wildman–Crippen LogP) is -0.0322. The van der Waals surface area contributed by atoms with Crippen LogP contribution in [0, 0.1) is 0 Å². The summed E-state index contributed by atoms with van der Waals surface area (Å²) in [6.45, 7) is 5.22. The van der Waals surface area contributed by atoms with Crippen molar-refractivity contribution in [3.05, 3.63) is 35.9 Å². The van der Waals surface area contributed by atoms with Crippen LogP contribution in [0.2, 0.25) is 0 Å². The number of nitrogens with one attached hydrogen (secondary N) is 1. The van der Waals surface area contributed by atoms with Gasteiger partial charge in [0.05, 0.1) is 20.1 Å². The fraction of sp³-hybridized carbons (Fsp3) is 0.500. The summed E-state index contributed by atoms with van der Waals surface area (Å²) in [5.41, 5.74) is 5.04. The summed E-state index contributed by atoms with van der Waals surface area (Å²) in [4.78, 5) is 1.46. The zero-order chi connectivity index (χ0) is 11.0. The molecule has 1 aromatic rings. The highest BCUT2D eigenvalue weighted by molar-refractivity contribution is 5.12. The molecular weight excluding hydrogens is 172 g/mol. The van der Waals surface area contributed by atoms with Crippen molar-refractivity contribution < 1.29 is 10.6 Å². The summed E-state index contributed by atoms with van der Waals surface area (Å²) in [6, 6.07) is 11.1. The lowest BCUT2D eigenvalue weighted by atomic mass is 10.2. The Bertz CT molecular complexity index is 214. The van der Waals surface area contributed by atoms with E-state index >= 15 is 0 Å². The van der Waals surface area contributed by atoms with Gasteiger partial charge in [-0.1, -0.05) is 30.3 Å². The average Bonchev–Trinajstić information content (AvgIpc) is 2.03. The van der Waals surface area contributed by atoms with Gasteiger partial charge >= 0.3 is 0 Å². The number of hydrogen-bond acceptors (Lipinski definition) is 0. The molecule has 0 radical (unpaired) electrons. The van der Waals surface area contributed by atoms with Crippen LogP contribution in [0.15, 0.2) is 30.3 Å². The normalized spacial score (nSPS) is 9.93. The third-order valence-electron chi connectivity index (χ3n) is 1.40. The van der Waals surface area contributed by atoms with Crippen molar-refractivity contribution in [2.75, 3.05) is 14.1 Å². The first-order chi connectivity index (χ1) is 6.52. The van der Waals surface area contributed by atoms with Gasteiger partial charge in [-0.25, -0.2) is 0 Å². The Kier molecular flexibility index (Phi) is 7.07. The van der Waals surface area contributed by atoms with Crippen LogP contribution in [0.5, 0.6) is 0 Å². The van der Waals surface area contributed by atoms with Gasteiger partial charge < -0.3 is 10.6 Å². The second-order valence-electron chi connectivity index (χ2n) is 4.26. The Morgan fingerprint density at radius 1 is 1.14 bits per heavy atom. The Labute approximate surface area is 87.7 Å². The molecule has 80 valence electrons. The third-order valence-corrected chi connectivity index (χ3v) is 1.40. The minimum absolute atomic E-state index is 0.583. The molecule has 0 heterocycles. The molecule has 1 rings (SSSR count). The van der Waals surface area contributed by atoms with E-state index in [-0.39, 0.29) is 0 Å². The summed E-state index contributed by atoms with van der Waals surface area (Å²) in [5, 5.41) is 0. The molecule has 0 amide bonds. The number of hydrogen-bond donors (Lipinski definition) is 2.